The molecule has 0 bridgehead atoms. The molecule has 0 aliphatic carbocycles. The van der Waals surface area contributed by atoms with Crippen LogP contribution in [0, 0.1) is 17.5 Å². The van der Waals surface area contributed by atoms with Gasteiger partial charge in [-0.25, -0.2) is 21.6 Å². The fourth-order valence-electron chi connectivity index (χ4n) is 3.05. The van der Waals surface area contributed by atoms with Gasteiger partial charge in [0.1, 0.15) is 22.7 Å². The van der Waals surface area contributed by atoms with Gasteiger partial charge in [0, 0.05) is 28.3 Å². The van der Waals surface area contributed by atoms with Gasteiger partial charge in [-0.1, -0.05) is 11.6 Å². The molecular weight excluding hydrogens is 455 g/mol. The van der Waals surface area contributed by atoms with Crippen molar-refractivity contribution in [3.8, 4) is 0 Å². The monoisotopic (exact) mass is 469 g/mol. The first-order valence-corrected chi connectivity index (χ1v) is 10.8. The zero-order valence-electron chi connectivity index (χ0n) is 15.7. The molecule has 0 saturated carbocycles. The van der Waals surface area contributed by atoms with Gasteiger partial charge in [0.25, 0.3) is 0 Å². The molecule has 1 N–H and O–H groups in total. The molecule has 1 unspecified atom stereocenters. The average Bonchev–Trinajstić information content (AvgIpc) is 2.71. The van der Waals surface area contributed by atoms with Crippen molar-refractivity contribution in [2.24, 2.45) is 0 Å². The lowest BCUT2D eigenvalue weighted by molar-refractivity contribution is -0.136. The predicted octanol–water partition coefficient (Wildman–Crippen LogP) is 4.73. The van der Waals surface area contributed by atoms with Gasteiger partial charge < -0.3 is 5.11 Å². The van der Waals surface area contributed by atoms with Crippen LogP contribution in [0.15, 0.2) is 59.6 Å². The van der Waals surface area contributed by atoms with Crippen molar-refractivity contribution in [3.63, 3.8) is 0 Å². The van der Waals surface area contributed by atoms with Gasteiger partial charge in [-0.15, -0.1) is 0 Å². The summed E-state index contributed by atoms with van der Waals surface area (Å²) < 4.78 is 70.2. The third kappa shape index (κ3) is 5.05. The topological polar surface area (TPSA) is 84.3 Å². The van der Waals surface area contributed by atoms with Crippen molar-refractivity contribution in [3.05, 3.63) is 94.0 Å². The maximum atomic E-state index is 14.8. The van der Waals surface area contributed by atoms with Crippen molar-refractivity contribution in [1.29, 1.82) is 0 Å². The highest BCUT2D eigenvalue weighted by molar-refractivity contribution is 7.91. The number of halogens is 4. The molecule has 5 nitrogen and oxygen atoms in total. The summed E-state index contributed by atoms with van der Waals surface area (Å²) in [7, 11) is -4.48. The van der Waals surface area contributed by atoms with E-state index in [1.807, 2.05) is 0 Å². The molecule has 1 aromatic heterocycles. The van der Waals surface area contributed by atoms with Crippen LogP contribution in [0.3, 0.4) is 0 Å². The SMILES string of the molecule is O=C(O)CCc1cc(C(c2cc(F)ccc2F)S(=O)(=O)c2ccc(Cl)cc2)c(F)cn1. The number of hydrogen-bond donors (Lipinski definition) is 1. The number of benzene rings is 2. The van der Waals surface area contributed by atoms with Gasteiger partial charge >= 0.3 is 5.97 Å². The summed E-state index contributed by atoms with van der Waals surface area (Å²) in [6.45, 7) is 0. The lowest BCUT2D eigenvalue weighted by Gasteiger charge is -2.21. The molecule has 31 heavy (non-hydrogen) atoms. The smallest absolute Gasteiger partial charge is 0.303 e. The minimum atomic E-state index is -4.48. The Hall–Kier alpha value is -2.91. The van der Waals surface area contributed by atoms with Crippen molar-refractivity contribution in [2.75, 3.05) is 0 Å². The van der Waals surface area contributed by atoms with Gasteiger partial charge in [0.15, 0.2) is 9.84 Å². The number of carbonyl (C=O) groups is 1. The lowest BCUT2D eigenvalue weighted by Crippen LogP contribution is -2.19. The number of sulfone groups is 1. The standard InChI is InChI=1S/C21H15ClF3NO4S/c22-12-1-5-15(6-2-12)31(29,30)21(16-9-13(23)3-7-18(16)24)17-10-14(4-8-20(27)28)26-11-19(17)25/h1-3,5-7,9-11,21H,4,8H2,(H,27,28). The Balaban J connectivity index is 2.24. The maximum absolute atomic E-state index is 14.8. The first-order chi connectivity index (χ1) is 14.6. The molecule has 0 radical (unpaired) electrons. The van der Waals surface area contributed by atoms with E-state index in [1.165, 1.54) is 24.3 Å². The molecule has 1 atom stereocenters. The van der Waals surface area contributed by atoms with Crippen LogP contribution in [0.4, 0.5) is 13.2 Å². The second-order valence-electron chi connectivity index (χ2n) is 6.64. The molecule has 0 fully saturated rings. The van der Waals surface area contributed by atoms with E-state index in [9.17, 15) is 26.4 Å². The highest BCUT2D eigenvalue weighted by atomic mass is 35.5. The number of aryl methyl sites for hydroxylation is 1. The summed E-state index contributed by atoms with van der Waals surface area (Å²) in [6, 6.07) is 8.25. The first-order valence-electron chi connectivity index (χ1n) is 8.90. The molecule has 0 aliphatic heterocycles. The van der Waals surface area contributed by atoms with E-state index in [4.69, 9.17) is 16.7 Å². The van der Waals surface area contributed by atoms with Crippen molar-refractivity contribution >= 4 is 27.4 Å². The molecule has 162 valence electrons. The fraction of sp³-hybridized carbons (Fsp3) is 0.143. The Kier molecular flexibility index (Phi) is 6.66. The van der Waals surface area contributed by atoms with E-state index < -0.39 is 49.6 Å². The number of nitrogens with zero attached hydrogens (tertiary/aromatic N) is 1. The van der Waals surface area contributed by atoms with Gasteiger partial charge in [-0.3, -0.25) is 9.78 Å². The number of carboxylic acids is 1. The van der Waals surface area contributed by atoms with Crippen LogP contribution in [0.25, 0.3) is 0 Å². The highest BCUT2D eigenvalue weighted by Crippen LogP contribution is 2.38. The maximum Gasteiger partial charge on any atom is 0.303 e. The minimum Gasteiger partial charge on any atom is -0.481 e. The molecule has 3 aromatic rings. The minimum absolute atomic E-state index is 0.0897. The molecule has 10 heteroatoms. The predicted molar refractivity (Wildman–Crippen MR) is 107 cm³/mol. The van der Waals surface area contributed by atoms with Crippen LogP contribution < -0.4 is 0 Å². The highest BCUT2D eigenvalue weighted by Gasteiger charge is 2.35. The number of aliphatic carboxylic acids is 1. The number of pyridine rings is 1. The van der Waals surface area contributed by atoms with E-state index in [-0.39, 0.29) is 28.5 Å². The Bertz CT molecular complexity index is 1230. The quantitative estimate of drug-likeness (QED) is 0.540. The van der Waals surface area contributed by atoms with Gasteiger partial charge in [-0.05, 0) is 48.5 Å². The fourth-order valence-corrected chi connectivity index (χ4v) is 4.99. The summed E-state index contributed by atoms with van der Waals surface area (Å²) >= 11 is 5.81. The Morgan fingerprint density at radius 3 is 2.29 bits per heavy atom. The summed E-state index contributed by atoms with van der Waals surface area (Å²) in [5, 5.41) is 7.15. The first kappa shape index (κ1) is 22.8. The number of aromatic nitrogens is 1. The molecule has 1 heterocycles. The number of hydrogen-bond acceptors (Lipinski definition) is 4. The van der Waals surface area contributed by atoms with Gasteiger partial charge in [0.05, 0.1) is 17.5 Å². The van der Waals surface area contributed by atoms with E-state index in [0.717, 1.165) is 24.4 Å². The molecule has 2 aromatic carbocycles. The second kappa shape index (κ2) is 9.07. The molecule has 0 amide bonds. The molecule has 0 spiro atoms. The van der Waals surface area contributed by atoms with Crippen LogP contribution >= 0.6 is 11.6 Å². The number of rotatable bonds is 7. The van der Waals surface area contributed by atoms with Crippen LogP contribution in [-0.2, 0) is 21.1 Å². The van der Waals surface area contributed by atoms with Gasteiger partial charge in [0.2, 0.25) is 0 Å². The van der Waals surface area contributed by atoms with Crippen LogP contribution in [0.5, 0.6) is 0 Å². The zero-order valence-corrected chi connectivity index (χ0v) is 17.3. The zero-order chi connectivity index (χ0) is 22.8. The lowest BCUT2D eigenvalue weighted by atomic mass is 10.0. The average molecular weight is 470 g/mol. The summed E-state index contributed by atoms with van der Waals surface area (Å²) in [6.07, 6.45) is 0.289. The van der Waals surface area contributed by atoms with E-state index in [2.05, 4.69) is 4.98 Å². The largest absolute Gasteiger partial charge is 0.481 e. The number of carboxylic acid groups (broad SMARTS) is 1. The third-order valence-corrected chi connectivity index (χ3v) is 6.82. The van der Waals surface area contributed by atoms with Crippen LogP contribution in [0.1, 0.15) is 28.5 Å². The normalized spacial score (nSPS) is 12.5. The molecule has 3 rings (SSSR count). The van der Waals surface area contributed by atoms with Crippen LogP contribution in [-0.4, -0.2) is 24.5 Å². The Morgan fingerprint density at radius 1 is 1.00 bits per heavy atom. The van der Waals surface area contributed by atoms with Crippen molar-refractivity contribution in [1.82, 2.24) is 4.98 Å². The molecular formula is C21H15ClF3NO4S. The Morgan fingerprint density at radius 2 is 1.65 bits per heavy atom. The second-order valence-corrected chi connectivity index (χ2v) is 9.10. The van der Waals surface area contributed by atoms with Crippen molar-refractivity contribution in [2.45, 2.75) is 23.0 Å². The van der Waals surface area contributed by atoms with Crippen LogP contribution in [0.2, 0.25) is 5.02 Å². The van der Waals surface area contributed by atoms with E-state index in [1.54, 1.807) is 0 Å². The van der Waals surface area contributed by atoms with E-state index >= 15 is 0 Å². The summed E-state index contributed by atoms with van der Waals surface area (Å²) in [5.74, 6) is -4.15. The van der Waals surface area contributed by atoms with E-state index in [0.29, 0.717) is 6.07 Å². The molecule has 0 aliphatic rings. The summed E-state index contributed by atoms with van der Waals surface area (Å²) in [4.78, 5) is 14.3. The summed E-state index contributed by atoms with van der Waals surface area (Å²) in [5.41, 5.74) is -0.981. The molecule has 0 saturated heterocycles. The van der Waals surface area contributed by atoms with Gasteiger partial charge in [-0.2, -0.15) is 0 Å². The third-order valence-electron chi connectivity index (χ3n) is 4.51. The van der Waals surface area contributed by atoms with Crippen molar-refractivity contribution < 1.29 is 31.5 Å². The Labute approximate surface area is 181 Å².